The van der Waals surface area contributed by atoms with Crippen LogP contribution >= 0.6 is 0 Å². The molecule has 0 bridgehead atoms. The van der Waals surface area contributed by atoms with E-state index in [0.29, 0.717) is 18.4 Å². The molecule has 0 spiro atoms. The fourth-order valence-corrected chi connectivity index (χ4v) is 4.60. The van der Waals surface area contributed by atoms with E-state index in [4.69, 9.17) is 0 Å². The lowest BCUT2D eigenvalue weighted by atomic mass is 9.75. The Balaban J connectivity index is 1.98. The summed E-state index contributed by atoms with van der Waals surface area (Å²) in [6, 6.07) is 8.41. The van der Waals surface area contributed by atoms with Gasteiger partial charge in [0.15, 0.2) is 0 Å². The highest BCUT2D eigenvalue weighted by atomic mass is 16.2. The van der Waals surface area contributed by atoms with Crippen LogP contribution < -0.4 is 5.32 Å². The van der Waals surface area contributed by atoms with Crippen molar-refractivity contribution in [1.82, 2.24) is 15.1 Å². The van der Waals surface area contributed by atoms with Gasteiger partial charge in [-0.25, -0.2) is 0 Å². The zero-order valence-electron chi connectivity index (χ0n) is 15.7. The summed E-state index contributed by atoms with van der Waals surface area (Å²) in [5.41, 5.74) is 1.23. The molecule has 1 heterocycles. The lowest BCUT2D eigenvalue weighted by Gasteiger charge is -2.40. The maximum Gasteiger partial charge on any atom is 0.253 e. The number of amides is 2. The largest absolute Gasteiger partial charge is 0.338 e. The Bertz CT molecular complexity index is 673. The average molecular weight is 343 g/mol. The van der Waals surface area contributed by atoms with Crippen molar-refractivity contribution in [1.29, 1.82) is 0 Å². The van der Waals surface area contributed by atoms with E-state index in [-0.39, 0.29) is 11.8 Å². The quantitative estimate of drug-likeness (QED) is 0.910. The van der Waals surface area contributed by atoms with Crippen LogP contribution in [-0.2, 0) is 21.5 Å². The maximum atomic E-state index is 13.6. The second kappa shape index (κ2) is 6.79. The summed E-state index contributed by atoms with van der Waals surface area (Å²) in [5, 5.41) is 3.04. The first-order valence-electron chi connectivity index (χ1n) is 9.18. The van der Waals surface area contributed by atoms with Gasteiger partial charge in [-0.05, 0) is 50.4 Å². The Labute approximate surface area is 150 Å². The topological polar surface area (TPSA) is 52.7 Å². The highest BCUT2D eigenvalue weighted by Crippen LogP contribution is 2.38. The molecule has 1 fully saturated rings. The van der Waals surface area contributed by atoms with Crippen LogP contribution in [-0.4, -0.2) is 54.8 Å². The lowest BCUT2D eigenvalue weighted by Crippen LogP contribution is -2.58. The molecule has 2 amide bonds. The number of carbonyl (C=O) groups is 2. The molecule has 5 nitrogen and oxygen atoms in total. The van der Waals surface area contributed by atoms with Crippen molar-refractivity contribution in [2.24, 2.45) is 5.92 Å². The monoisotopic (exact) mass is 343 g/mol. The maximum absolute atomic E-state index is 13.6. The summed E-state index contributed by atoms with van der Waals surface area (Å²) in [5.74, 6) is 0.319. The van der Waals surface area contributed by atoms with Crippen LogP contribution in [0.5, 0.6) is 0 Å². The predicted octanol–water partition coefficient (Wildman–Crippen LogP) is 1.76. The Kier molecular flexibility index (Phi) is 4.87. The highest BCUT2D eigenvalue weighted by molar-refractivity contribution is 5.93. The number of nitrogens with one attached hydrogen (secondary N) is 1. The molecule has 5 heteroatoms. The molecule has 1 aromatic carbocycles. The number of likely N-dealkylation sites (tertiary alicyclic amines) is 1. The van der Waals surface area contributed by atoms with E-state index in [1.165, 1.54) is 12.5 Å². The van der Waals surface area contributed by atoms with Gasteiger partial charge in [-0.2, -0.15) is 0 Å². The molecule has 1 aliphatic heterocycles. The second-order valence-electron chi connectivity index (χ2n) is 7.82. The molecule has 3 rings (SSSR count). The van der Waals surface area contributed by atoms with E-state index < -0.39 is 5.54 Å². The molecule has 3 unspecified atom stereocenters. The molecule has 1 aliphatic carbocycles. The van der Waals surface area contributed by atoms with E-state index in [1.807, 2.05) is 23.1 Å². The molecule has 1 saturated heterocycles. The molecular weight excluding hydrogens is 314 g/mol. The van der Waals surface area contributed by atoms with E-state index >= 15 is 0 Å². The molecule has 0 saturated carbocycles. The molecule has 3 atom stereocenters. The third-order valence-electron chi connectivity index (χ3n) is 5.75. The molecule has 1 aromatic rings. The zero-order chi connectivity index (χ0) is 18.2. The number of benzene rings is 1. The SMILES string of the molecule is CC(=O)NC1(C(=O)N2CC(C)C(N(C)C)C2)CCCc2ccccc21. The average Bonchev–Trinajstić information content (AvgIpc) is 2.96. The first-order chi connectivity index (χ1) is 11.8. The molecule has 136 valence electrons. The Morgan fingerprint density at radius 1 is 1.24 bits per heavy atom. The normalized spacial score (nSPS) is 28.8. The Morgan fingerprint density at radius 2 is 1.96 bits per heavy atom. The minimum Gasteiger partial charge on any atom is -0.338 e. The molecular formula is C20H29N3O2. The van der Waals surface area contributed by atoms with Gasteiger partial charge < -0.3 is 15.1 Å². The van der Waals surface area contributed by atoms with Crippen molar-refractivity contribution < 1.29 is 9.59 Å². The summed E-state index contributed by atoms with van der Waals surface area (Å²) >= 11 is 0. The standard InChI is InChI=1S/C20H29N3O2/c1-14-12-23(13-18(14)22(3)4)19(25)20(21-15(2)24)11-7-9-16-8-5-6-10-17(16)20/h5-6,8,10,14,18H,7,9,11-13H2,1-4H3,(H,21,24). The van der Waals surface area contributed by atoms with Crippen molar-refractivity contribution in [2.75, 3.05) is 27.2 Å². The summed E-state index contributed by atoms with van der Waals surface area (Å²) < 4.78 is 0. The van der Waals surface area contributed by atoms with Gasteiger partial charge in [0.25, 0.3) is 5.91 Å². The number of rotatable bonds is 3. The van der Waals surface area contributed by atoms with Crippen LogP contribution in [0.25, 0.3) is 0 Å². The van der Waals surface area contributed by atoms with E-state index in [1.54, 1.807) is 0 Å². The molecule has 2 aliphatic rings. The molecule has 0 radical (unpaired) electrons. The molecule has 1 N–H and O–H groups in total. The number of hydrogen-bond donors (Lipinski definition) is 1. The van der Waals surface area contributed by atoms with Gasteiger partial charge in [-0.1, -0.05) is 31.2 Å². The van der Waals surface area contributed by atoms with Crippen molar-refractivity contribution in [2.45, 2.75) is 44.7 Å². The van der Waals surface area contributed by atoms with E-state index in [9.17, 15) is 9.59 Å². The van der Waals surface area contributed by atoms with Gasteiger partial charge in [0.1, 0.15) is 5.54 Å². The number of carbonyl (C=O) groups excluding carboxylic acids is 2. The summed E-state index contributed by atoms with van der Waals surface area (Å²) in [7, 11) is 4.13. The predicted molar refractivity (Wildman–Crippen MR) is 98.1 cm³/mol. The number of likely N-dealkylation sites (N-methyl/N-ethyl adjacent to an activating group) is 1. The van der Waals surface area contributed by atoms with Gasteiger partial charge in [0, 0.05) is 26.1 Å². The van der Waals surface area contributed by atoms with E-state index in [2.05, 4.69) is 37.3 Å². The van der Waals surface area contributed by atoms with Crippen LogP contribution in [0.1, 0.15) is 37.8 Å². The third kappa shape index (κ3) is 3.17. The van der Waals surface area contributed by atoms with E-state index in [0.717, 1.165) is 31.5 Å². The Hall–Kier alpha value is -1.88. The smallest absolute Gasteiger partial charge is 0.253 e. The summed E-state index contributed by atoms with van der Waals surface area (Å²) in [6.45, 7) is 5.15. The van der Waals surface area contributed by atoms with Crippen molar-refractivity contribution >= 4 is 11.8 Å². The van der Waals surface area contributed by atoms with Gasteiger partial charge in [0.2, 0.25) is 5.91 Å². The lowest BCUT2D eigenvalue weighted by molar-refractivity contribution is -0.142. The van der Waals surface area contributed by atoms with Crippen molar-refractivity contribution in [3.8, 4) is 0 Å². The Morgan fingerprint density at radius 3 is 2.60 bits per heavy atom. The third-order valence-corrected chi connectivity index (χ3v) is 5.75. The minimum absolute atomic E-state index is 0.0473. The zero-order valence-corrected chi connectivity index (χ0v) is 15.7. The highest BCUT2D eigenvalue weighted by Gasteiger charge is 2.48. The van der Waals surface area contributed by atoms with Gasteiger partial charge in [-0.15, -0.1) is 0 Å². The van der Waals surface area contributed by atoms with Gasteiger partial charge in [-0.3, -0.25) is 9.59 Å². The van der Waals surface area contributed by atoms with Crippen LogP contribution in [0, 0.1) is 5.92 Å². The van der Waals surface area contributed by atoms with Crippen LogP contribution in [0.3, 0.4) is 0 Å². The summed E-state index contributed by atoms with van der Waals surface area (Å²) in [4.78, 5) is 29.8. The fourth-order valence-electron chi connectivity index (χ4n) is 4.60. The van der Waals surface area contributed by atoms with Crippen molar-refractivity contribution in [3.05, 3.63) is 35.4 Å². The van der Waals surface area contributed by atoms with Crippen LogP contribution in [0.2, 0.25) is 0 Å². The molecule has 0 aromatic heterocycles. The number of fused-ring (bicyclic) bond motifs is 1. The first-order valence-corrected chi connectivity index (χ1v) is 9.18. The number of hydrogen-bond acceptors (Lipinski definition) is 3. The van der Waals surface area contributed by atoms with Crippen molar-refractivity contribution in [3.63, 3.8) is 0 Å². The first kappa shape index (κ1) is 17.9. The van der Waals surface area contributed by atoms with Crippen LogP contribution in [0.15, 0.2) is 24.3 Å². The number of aryl methyl sites for hydroxylation is 1. The van der Waals surface area contributed by atoms with Gasteiger partial charge in [0.05, 0.1) is 0 Å². The van der Waals surface area contributed by atoms with Crippen LogP contribution in [0.4, 0.5) is 0 Å². The fraction of sp³-hybridized carbons (Fsp3) is 0.600. The van der Waals surface area contributed by atoms with Gasteiger partial charge >= 0.3 is 0 Å². The summed E-state index contributed by atoms with van der Waals surface area (Å²) in [6.07, 6.45) is 2.53. The minimum atomic E-state index is -0.915. The molecule has 25 heavy (non-hydrogen) atoms. The second-order valence-corrected chi connectivity index (χ2v) is 7.82. The number of nitrogens with zero attached hydrogens (tertiary/aromatic N) is 2.